The number of hydrogen-bond acceptors (Lipinski definition) is 16. The molecule has 0 saturated carbocycles. The third-order valence-corrected chi connectivity index (χ3v) is 7.79. The van der Waals surface area contributed by atoms with Crippen molar-refractivity contribution < 1.29 is 74.4 Å². The minimum Gasteiger partial charge on any atom is -0.506 e. The van der Waals surface area contributed by atoms with Gasteiger partial charge in [0.05, 0.1) is 25.4 Å². The number of hydrogen-bond donors (Lipinski definition) is 10. The Labute approximate surface area is 247 Å². The quantitative estimate of drug-likeness (QED) is 0.137. The van der Waals surface area contributed by atoms with Crippen molar-refractivity contribution in [3.05, 3.63) is 40.1 Å². The van der Waals surface area contributed by atoms with Crippen molar-refractivity contribution in [1.29, 1.82) is 0 Å². The fraction of sp³-hybridized carbons (Fsp3) is 0.464. The topological polar surface area (TPSA) is 269 Å². The lowest BCUT2D eigenvalue weighted by Crippen LogP contribution is -2.60. The van der Waals surface area contributed by atoms with Crippen LogP contribution in [-0.4, -0.2) is 120 Å². The number of aliphatic hydroxyl groups excluding tert-OH is 7. The summed E-state index contributed by atoms with van der Waals surface area (Å²) in [6.07, 6.45) is -16.3. The Morgan fingerprint density at radius 2 is 1.52 bits per heavy atom. The number of ether oxygens (including phenoxy) is 4. The molecule has 2 saturated heterocycles. The third kappa shape index (κ3) is 5.19. The number of benzene rings is 2. The Kier molecular flexibility index (Phi) is 8.65. The standard InChI is InChI=1S/C28H32O16/c1-8-17(32)21(36)23(38)26(41-8)16-12(40-2)6-13-15(19(16)34)20(35)27(25(42-13)9-3-4-10(30)11(31)5-9)44-28-24(39)22(37)18(33)14(7-29)43-28/h3-6,8,14,17-18,21-24,26,28-34,36-39H,7H2,1-2H3. The molecule has 0 amide bonds. The lowest BCUT2D eigenvalue weighted by atomic mass is 9.90. The molecule has 10 atom stereocenters. The van der Waals surface area contributed by atoms with Crippen LogP contribution in [0.3, 0.4) is 0 Å². The molecule has 2 aliphatic heterocycles. The molecule has 2 aromatic carbocycles. The predicted octanol–water partition coefficient (Wildman–Crippen LogP) is -1.69. The van der Waals surface area contributed by atoms with Crippen LogP contribution in [0.25, 0.3) is 22.3 Å². The average Bonchev–Trinajstić information content (AvgIpc) is 3.00. The zero-order chi connectivity index (χ0) is 32.2. The van der Waals surface area contributed by atoms with Crippen molar-refractivity contribution >= 4 is 11.0 Å². The summed E-state index contributed by atoms with van der Waals surface area (Å²) < 4.78 is 28.0. The van der Waals surface area contributed by atoms with Crippen LogP contribution in [-0.2, 0) is 9.47 Å². The van der Waals surface area contributed by atoms with Gasteiger partial charge in [0.2, 0.25) is 17.5 Å². The Morgan fingerprint density at radius 3 is 2.16 bits per heavy atom. The highest BCUT2D eigenvalue weighted by molar-refractivity contribution is 5.90. The molecule has 240 valence electrons. The molecule has 10 unspecified atom stereocenters. The first-order valence-electron chi connectivity index (χ1n) is 13.4. The largest absolute Gasteiger partial charge is 0.506 e. The molecule has 2 aliphatic rings. The van der Waals surface area contributed by atoms with Crippen LogP contribution < -0.4 is 14.9 Å². The molecule has 1 aromatic heterocycles. The Bertz CT molecular complexity index is 1590. The van der Waals surface area contributed by atoms with E-state index in [0.29, 0.717) is 0 Å². The second kappa shape index (κ2) is 12.0. The van der Waals surface area contributed by atoms with Gasteiger partial charge in [-0.2, -0.15) is 0 Å². The molecular formula is C28H32O16. The van der Waals surface area contributed by atoms with Crippen LogP contribution in [0.5, 0.6) is 28.7 Å². The molecule has 16 heteroatoms. The molecule has 0 aliphatic carbocycles. The first-order chi connectivity index (χ1) is 20.8. The second-order valence-corrected chi connectivity index (χ2v) is 10.6. The van der Waals surface area contributed by atoms with Crippen molar-refractivity contribution in [2.24, 2.45) is 0 Å². The summed E-state index contributed by atoms with van der Waals surface area (Å²) in [5.41, 5.74) is -1.74. The minimum absolute atomic E-state index is 0.0432. The van der Waals surface area contributed by atoms with Crippen LogP contribution in [0.15, 0.2) is 33.5 Å². The highest BCUT2D eigenvalue weighted by Gasteiger charge is 2.47. The molecule has 10 N–H and O–H groups in total. The molecule has 16 nitrogen and oxygen atoms in total. The molecule has 0 spiro atoms. The lowest BCUT2D eigenvalue weighted by Gasteiger charge is -2.40. The molecular weight excluding hydrogens is 592 g/mol. The zero-order valence-electron chi connectivity index (χ0n) is 23.2. The van der Waals surface area contributed by atoms with Crippen molar-refractivity contribution in [1.82, 2.24) is 0 Å². The number of phenols is 3. The second-order valence-electron chi connectivity index (χ2n) is 10.6. The Morgan fingerprint density at radius 1 is 0.841 bits per heavy atom. The van der Waals surface area contributed by atoms with Crippen LogP contribution >= 0.6 is 0 Å². The van der Waals surface area contributed by atoms with Gasteiger partial charge in [0.25, 0.3) is 0 Å². The van der Waals surface area contributed by atoms with Gasteiger partial charge in [-0.15, -0.1) is 0 Å². The number of fused-ring (bicyclic) bond motifs is 1. The molecule has 0 bridgehead atoms. The van der Waals surface area contributed by atoms with E-state index in [1.165, 1.54) is 26.2 Å². The highest BCUT2D eigenvalue weighted by Crippen LogP contribution is 2.46. The van der Waals surface area contributed by atoms with Crippen LogP contribution in [0, 0.1) is 0 Å². The normalized spacial score (nSPS) is 32.5. The number of rotatable bonds is 6. The van der Waals surface area contributed by atoms with Gasteiger partial charge in [-0.1, -0.05) is 0 Å². The van der Waals surface area contributed by atoms with Gasteiger partial charge < -0.3 is 74.4 Å². The number of aromatic hydroxyl groups is 3. The summed E-state index contributed by atoms with van der Waals surface area (Å²) in [7, 11) is 1.21. The van der Waals surface area contributed by atoms with E-state index in [1.54, 1.807) is 0 Å². The maximum Gasteiger partial charge on any atom is 0.239 e. The van der Waals surface area contributed by atoms with Gasteiger partial charge in [0.1, 0.15) is 71.3 Å². The van der Waals surface area contributed by atoms with E-state index in [-0.39, 0.29) is 22.5 Å². The van der Waals surface area contributed by atoms with Gasteiger partial charge >= 0.3 is 0 Å². The third-order valence-electron chi connectivity index (χ3n) is 7.79. The highest BCUT2D eigenvalue weighted by atomic mass is 16.7. The number of methoxy groups -OCH3 is 1. The van der Waals surface area contributed by atoms with Crippen molar-refractivity contribution in [3.63, 3.8) is 0 Å². The molecule has 44 heavy (non-hydrogen) atoms. The summed E-state index contributed by atoms with van der Waals surface area (Å²) in [6.45, 7) is 0.611. The maximum atomic E-state index is 14.1. The molecule has 3 heterocycles. The first-order valence-corrected chi connectivity index (χ1v) is 13.4. The molecule has 3 aromatic rings. The van der Waals surface area contributed by atoms with Crippen molar-refractivity contribution in [2.45, 2.75) is 68.1 Å². The van der Waals surface area contributed by atoms with E-state index in [4.69, 9.17) is 23.4 Å². The van der Waals surface area contributed by atoms with E-state index in [2.05, 4.69) is 0 Å². The van der Waals surface area contributed by atoms with Gasteiger partial charge in [-0.3, -0.25) is 4.79 Å². The van der Waals surface area contributed by atoms with Crippen LogP contribution in [0.4, 0.5) is 0 Å². The summed E-state index contributed by atoms with van der Waals surface area (Å²) in [4.78, 5) is 14.1. The maximum absolute atomic E-state index is 14.1. The van der Waals surface area contributed by atoms with E-state index >= 15 is 0 Å². The summed E-state index contributed by atoms with van der Waals surface area (Å²) in [5.74, 6) is -3.26. The molecule has 2 fully saturated rings. The lowest BCUT2D eigenvalue weighted by molar-refractivity contribution is -0.277. The Hall–Kier alpha value is -3.71. The average molecular weight is 625 g/mol. The fourth-order valence-electron chi connectivity index (χ4n) is 5.29. The summed E-state index contributed by atoms with van der Waals surface area (Å²) >= 11 is 0. The van der Waals surface area contributed by atoms with E-state index in [0.717, 1.165) is 12.1 Å². The van der Waals surface area contributed by atoms with Gasteiger partial charge in [-0.05, 0) is 25.1 Å². The molecule has 5 rings (SSSR count). The Balaban J connectivity index is 1.74. The summed E-state index contributed by atoms with van der Waals surface area (Å²) in [6, 6.07) is 4.51. The SMILES string of the molecule is COc1cc2oc(-c3ccc(O)c(O)c3)c(OC3OC(CO)C(O)C(O)C3O)c(=O)c2c(O)c1C1OC(C)C(O)C(O)C1O. The number of phenolic OH excluding ortho intramolecular Hbond substituents is 3. The van der Waals surface area contributed by atoms with Gasteiger partial charge in [0, 0.05) is 11.6 Å². The zero-order valence-corrected chi connectivity index (χ0v) is 23.2. The van der Waals surface area contributed by atoms with E-state index in [9.17, 15) is 55.9 Å². The smallest absolute Gasteiger partial charge is 0.239 e. The van der Waals surface area contributed by atoms with Crippen LogP contribution in [0.2, 0.25) is 0 Å². The molecule has 0 radical (unpaired) electrons. The van der Waals surface area contributed by atoms with Crippen molar-refractivity contribution in [2.75, 3.05) is 13.7 Å². The summed E-state index contributed by atoms with van der Waals surface area (Å²) in [5, 5.41) is 103. The van der Waals surface area contributed by atoms with E-state index < -0.39 is 107 Å². The minimum atomic E-state index is -1.95. The predicted molar refractivity (Wildman–Crippen MR) is 145 cm³/mol. The van der Waals surface area contributed by atoms with E-state index in [1.807, 2.05) is 0 Å². The first kappa shape index (κ1) is 31.7. The monoisotopic (exact) mass is 624 g/mol. The fourth-order valence-corrected chi connectivity index (χ4v) is 5.29. The van der Waals surface area contributed by atoms with Gasteiger partial charge in [-0.25, -0.2) is 0 Å². The van der Waals surface area contributed by atoms with Crippen molar-refractivity contribution in [3.8, 4) is 40.1 Å². The number of aliphatic hydroxyl groups is 7. The van der Waals surface area contributed by atoms with Crippen LogP contribution in [0.1, 0.15) is 18.6 Å². The van der Waals surface area contributed by atoms with Gasteiger partial charge in [0.15, 0.2) is 17.3 Å².